The van der Waals surface area contributed by atoms with Gasteiger partial charge in [0, 0.05) is 9.50 Å². The molecular formula is C18H15BrClNO4S. The maximum atomic E-state index is 12.8. The Balaban J connectivity index is 1.86. The van der Waals surface area contributed by atoms with Crippen LogP contribution in [0.1, 0.15) is 5.56 Å². The zero-order valence-electron chi connectivity index (χ0n) is 14.0. The van der Waals surface area contributed by atoms with Crippen LogP contribution >= 0.6 is 39.3 Å². The molecule has 0 saturated carbocycles. The summed E-state index contributed by atoms with van der Waals surface area (Å²) in [7, 11) is 3.11. The molecule has 1 atom stereocenters. The van der Waals surface area contributed by atoms with Crippen molar-refractivity contribution >= 4 is 56.1 Å². The lowest BCUT2D eigenvalue weighted by Gasteiger charge is -2.15. The smallest absolute Gasteiger partial charge is 0.293 e. The molecule has 0 bridgehead atoms. The number of hydrogen-bond acceptors (Lipinski definition) is 5. The van der Waals surface area contributed by atoms with Gasteiger partial charge in [-0.3, -0.25) is 9.59 Å². The van der Waals surface area contributed by atoms with Gasteiger partial charge in [0.25, 0.3) is 5.24 Å². The van der Waals surface area contributed by atoms with E-state index in [1.54, 1.807) is 44.6 Å². The van der Waals surface area contributed by atoms with Crippen LogP contribution in [0.15, 0.2) is 40.9 Å². The maximum Gasteiger partial charge on any atom is 0.293 e. The number of hydrogen-bond donors (Lipinski definition) is 0. The molecule has 0 radical (unpaired) electrons. The van der Waals surface area contributed by atoms with Gasteiger partial charge in [0.15, 0.2) is 11.5 Å². The molecule has 5 nitrogen and oxygen atoms in total. The first-order chi connectivity index (χ1) is 12.4. The summed E-state index contributed by atoms with van der Waals surface area (Å²) < 4.78 is 11.4. The fraction of sp³-hybridized carbons (Fsp3) is 0.222. The Labute approximate surface area is 168 Å². The molecule has 136 valence electrons. The molecule has 1 aliphatic rings. The minimum absolute atomic E-state index is 0.260. The van der Waals surface area contributed by atoms with E-state index in [1.165, 1.54) is 4.90 Å². The number of methoxy groups -OCH3 is 2. The highest BCUT2D eigenvalue weighted by Crippen LogP contribution is 2.38. The molecule has 2 aromatic rings. The second-order valence-corrected chi connectivity index (χ2v) is 7.97. The predicted octanol–water partition coefficient (Wildman–Crippen LogP) is 4.93. The van der Waals surface area contributed by atoms with E-state index in [9.17, 15) is 9.59 Å². The topological polar surface area (TPSA) is 55.8 Å². The van der Waals surface area contributed by atoms with Crippen LogP contribution in [0.4, 0.5) is 10.5 Å². The van der Waals surface area contributed by atoms with E-state index in [2.05, 4.69) is 15.9 Å². The minimum atomic E-state index is -0.518. The number of carbonyl (C=O) groups is 2. The van der Waals surface area contributed by atoms with E-state index >= 15 is 0 Å². The van der Waals surface area contributed by atoms with Crippen LogP contribution < -0.4 is 14.4 Å². The van der Waals surface area contributed by atoms with Crippen molar-refractivity contribution in [1.82, 2.24) is 0 Å². The zero-order chi connectivity index (χ0) is 18.8. The molecular weight excluding hydrogens is 442 g/mol. The van der Waals surface area contributed by atoms with Crippen molar-refractivity contribution in [2.75, 3.05) is 19.1 Å². The van der Waals surface area contributed by atoms with E-state index in [0.717, 1.165) is 21.8 Å². The highest BCUT2D eigenvalue weighted by atomic mass is 79.9. The molecule has 0 spiro atoms. The Kier molecular flexibility index (Phi) is 5.79. The first kappa shape index (κ1) is 19.1. The summed E-state index contributed by atoms with van der Waals surface area (Å²) >= 11 is 10.5. The molecule has 1 fully saturated rings. The van der Waals surface area contributed by atoms with Crippen LogP contribution in [0.5, 0.6) is 11.5 Å². The second-order valence-electron chi connectivity index (χ2n) is 5.53. The van der Waals surface area contributed by atoms with E-state index in [0.29, 0.717) is 28.6 Å². The number of ether oxygens (including phenoxy) is 2. The summed E-state index contributed by atoms with van der Waals surface area (Å²) in [6.45, 7) is 0. The summed E-state index contributed by atoms with van der Waals surface area (Å²) in [4.78, 5) is 26.3. The predicted molar refractivity (Wildman–Crippen MR) is 107 cm³/mol. The SMILES string of the molecule is COc1cc(Br)c(C[C@@H]2SC(=O)N(c3cccc(Cl)c3)C2=O)cc1OC. The third kappa shape index (κ3) is 3.70. The largest absolute Gasteiger partial charge is 0.493 e. The van der Waals surface area contributed by atoms with E-state index in [-0.39, 0.29) is 11.1 Å². The molecule has 0 unspecified atom stereocenters. The van der Waals surface area contributed by atoms with Crippen LogP contribution in [0, 0.1) is 0 Å². The molecule has 0 aliphatic carbocycles. The lowest BCUT2D eigenvalue weighted by Crippen LogP contribution is -2.32. The number of rotatable bonds is 5. The molecule has 1 aliphatic heterocycles. The lowest BCUT2D eigenvalue weighted by atomic mass is 10.1. The standard InChI is InChI=1S/C18H15BrClNO4S/c1-24-14-6-10(13(19)9-15(14)25-2)7-16-17(22)21(18(23)26-16)12-5-3-4-11(20)8-12/h3-6,8-9,16H,7H2,1-2H3/t16-/m0/s1. The number of imide groups is 1. The van der Waals surface area contributed by atoms with E-state index in [1.807, 2.05) is 6.07 Å². The Bertz CT molecular complexity index is 876. The van der Waals surface area contributed by atoms with Crippen LogP contribution in [-0.4, -0.2) is 30.6 Å². The number of benzene rings is 2. The number of nitrogens with zero attached hydrogens (tertiary/aromatic N) is 1. The first-order valence-electron chi connectivity index (χ1n) is 7.65. The third-order valence-electron chi connectivity index (χ3n) is 3.95. The first-order valence-corrected chi connectivity index (χ1v) is 9.70. The highest BCUT2D eigenvalue weighted by Gasteiger charge is 2.40. The maximum absolute atomic E-state index is 12.8. The lowest BCUT2D eigenvalue weighted by molar-refractivity contribution is -0.117. The van der Waals surface area contributed by atoms with Gasteiger partial charge in [-0.25, -0.2) is 4.90 Å². The Morgan fingerprint density at radius 3 is 2.50 bits per heavy atom. The molecule has 1 saturated heterocycles. The molecule has 0 N–H and O–H groups in total. The van der Waals surface area contributed by atoms with Crippen LogP contribution in [0.2, 0.25) is 5.02 Å². The van der Waals surface area contributed by atoms with Gasteiger partial charge in [-0.15, -0.1) is 0 Å². The average Bonchev–Trinajstić information content (AvgIpc) is 2.89. The van der Waals surface area contributed by atoms with Gasteiger partial charge in [-0.2, -0.15) is 0 Å². The second kappa shape index (κ2) is 7.90. The van der Waals surface area contributed by atoms with E-state index < -0.39 is 5.25 Å². The molecule has 26 heavy (non-hydrogen) atoms. The van der Waals surface area contributed by atoms with E-state index in [4.69, 9.17) is 21.1 Å². The van der Waals surface area contributed by atoms with Gasteiger partial charge in [-0.05, 0) is 42.3 Å². The van der Waals surface area contributed by atoms with Crippen molar-refractivity contribution in [2.24, 2.45) is 0 Å². The minimum Gasteiger partial charge on any atom is -0.493 e. The third-order valence-corrected chi connectivity index (χ3v) is 5.96. The van der Waals surface area contributed by atoms with Gasteiger partial charge in [-0.1, -0.05) is 45.4 Å². The van der Waals surface area contributed by atoms with Crippen molar-refractivity contribution in [2.45, 2.75) is 11.7 Å². The average molecular weight is 457 g/mol. The normalized spacial score (nSPS) is 16.9. The summed E-state index contributed by atoms with van der Waals surface area (Å²) in [6.07, 6.45) is 0.382. The van der Waals surface area contributed by atoms with Crippen molar-refractivity contribution < 1.29 is 19.1 Å². The number of thioether (sulfide) groups is 1. The molecule has 0 aromatic heterocycles. The molecule has 2 amide bonds. The molecule has 1 heterocycles. The Morgan fingerprint density at radius 2 is 1.85 bits per heavy atom. The van der Waals surface area contributed by atoms with Crippen LogP contribution in [0.25, 0.3) is 0 Å². The summed E-state index contributed by atoms with van der Waals surface area (Å²) in [5.41, 5.74) is 1.34. The van der Waals surface area contributed by atoms with Gasteiger partial charge in [0.1, 0.15) is 0 Å². The van der Waals surface area contributed by atoms with Gasteiger partial charge < -0.3 is 9.47 Å². The quantitative estimate of drug-likeness (QED) is 0.638. The highest BCUT2D eigenvalue weighted by molar-refractivity contribution is 9.10. The molecule has 2 aromatic carbocycles. The molecule has 3 rings (SSSR count). The molecule has 8 heteroatoms. The number of anilines is 1. The van der Waals surface area contributed by atoms with Gasteiger partial charge >= 0.3 is 0 Å². The monoisotopic (exact) mass is 455 g/mol. The summed E-state index contributed by atoms with van der Waals surface area (Å²) in [5, 5.41) is -0.353. The Morgan fingerprint density at radius 1 is 1.15 bits per heavy atom. The fourth-order valence-electron chi connectivity index (χ4n) is 2.69. The van der Waals surface area contributed by atoms with Crippen molar-refractivity contribution in [3.63, 3.8) is 0 Å². The number of amides is 2. The summed E-state index contributed by atoms with van der Waals surface area (Å²) in [6, 6.07) is 10.3. The Hall–Kier alpha value is -1.70. The van der Waals surface area contributed by atoms with Crippen molar-refractivity contribution in [3.8, 4) is 11.5 Å². The van der Waals surface area contributed by atoms with Crippen LogP contribution in [0.3, 0.4) is 0 Å². The van der Waals surface area contributed by atoms with Crippen LogP contribution in [-0.2, 0) is 11.2 Å². The van der Waals surface area contributed by atoms with Crippen molar-refractivity contribution in [3.05, 3.63) is 51.5 Å². The number of carbonyl (C=O) groups excluding carboxylic acids is 2. The summed E-state index contributed by atoms with van der Waals surface area (Å²) in [5.74, 6) is 0.897. The fourth-order valence-corrected chi connectivity index (χ4v) is 4.37. The van der Waals surface area contributed by atoms with Gasteiger partial charge in [0.2, 0.25) is 5.91 Å². The zero-order valence-corrected chi connectivity index (χ0v) is 17.2. The van der Waals surface area contributed by atoms with Crippen molar-refractivity contribution in [1.29, 1.82) is 0 Å². The van der Waals surface area contributed by atoms with Gasteiger partial charge in [0.05, 0.1) is 25.2 Å². The number of halogens is 2.